The average Bonchev–Trinajstić information content (AvgIpc) is 3.16. The van der Waals surface area contributed by atoms with Crippen molar-refractivity contribution in [1.82, 2.24) is 10.1 Å². The Kier molecular flexibility index (Phi) is 4.02. The Hall–Kier alpha value is -1.02. The van der Waals surface area contributed by atoms with Gasteiger partial charge in [0.05, 0.1) is 6.10 Å². The predicted molar refractivity (Wildman–Crippen MR) is 68.9 cm³/mol. The molecule has 0 amide bonds. The average molecular weight is 283 g/mol. The van der Waals surface area contributed by atoms with Crippen LogP contribution in [0.3, 0.4) is 0 Å². The van der Waals surface area contributed by atoms with Crippen LogP contribution in [0, 0.1) is 0 Å². The Morgan fingerprint density at radius 3 is 2.80 bits per heavy atom. The lowest BCUT2D eigenvalue weighted by Crippen LogP contribution is -2.36. The van der Waals surface area contributed by atoms with Crippen molar-refractivity contribution in [3.05, 3.63) is 11.7 Å². The van der Waals surface area contributed by atoms with Gasteiger partial charge in [0, 0.05) is 39.7 Å². The van der Waals surface area contributed by atoms with E-state index in [2.05, 4.69) is 10.1 Å². The van der Waals surface area contributed by atoms with E-state index in [1.54, 1.807) is 7.11 Å². The van der Waals surface area contributed by atoms with Crippen molar-refractivity contribution in [2.24, 2.45) is 5.73 Å². The van der Waals surface area contributed by atoms with Crippen LogP contribution in [0.15, 0.2) is 4.52 Å². The summed E-state index contributed by atoms with van der Waals surface area (Å²) in [5.74, 6) is 1.12. The van der Waals surface area contributed by atoms with E-state index >= 15 is 0 Å². The third-order valence-electron chi connectivity index (χ3n) is 4.19. The Balaban J connectivity index is 1.76. The first kappa shape index (κ1) is 13.9. The minimum atomic E-state index is -0.494. The number of aromatic nitrogens is 2. The van der Waals surface area contributed by atoms with Gasteiger partial charge in [-0.2, -0.15) is 4.98 Å². The largest absolute Gasteiger partial charge is 0.381 e. The Morgan fingerprint density at radius 1 is 1.35 bits per heavy atom. The minimum absolute atomic E-state index is 0.0924. The number of nitrogens with zero attached hydrogens (tertiary/aromatic N) is 2. The molecular weight excluding hydrogens is 262 g/mol. The molecule has 7 heteroatoms. The monoisotopic (exact) mass is 283 g/mol. The van der Waals surface area contributed by atoms with Crippen LogP contribution in [0.5, 0.6) is 0 Å². The summed E-state index contributed by atoms with van der Waals surface area (Å²) < 4.78 is 22.2. The van der Waals surface area contributed by atoms with E-state index < -0.39 is 5.60 Å². The van der Waals surface area contributed by atoms with Crippen molar-refractivity contribution in [2.45, 2.75) is 43.5 Å². The standard InChI is InChI=1S/C13H21N3O4/c1-17-13(4-6-18-7-5-13)12-15-11(20-16-12)10-3-2-9(8-14)19-10/h9-10H,2-8,14H2,1H3. The van der Waals surface area contributed by atoms with Gasteiger partial charge in [-0.1, -0.05) is 5.16 Å². The molecule has 0 aliphatic carbocycles. The molecule has 112 valence electrons. The Morgan fingerprint density at radius 2 is 2.15 bits per heavy atom. The van der Waals surface area contributed by atoms with Gasteiger partial charge in [-0.25, -0.2) is 0 Å². The van der Waals surface area contributed by atoms with E-state index in [4.69, 9.17) is 24.5 Å². The second-order valence-electron chi connectivity index (χ2n) is 5.33. The predicted octanol–water partition coefficient (Wildman–Crippen LogP) is 0.900. The van der Waals surface area contributed by atoms with Crippen molar-refractivity contribution < 1.29 is 18.7 Å². The Bertz CT molecular complexity index is 445. The van der Waals surface area contributed by atoms with E-state index in [1.807, 2.05) is 0 Å². The van der Waals surface area contributed by atoms with Crippen LogP contribution in [0.25, 0.3) is 0 Å². The highest BCUT2D eigenvalue weighted by atomic mass is 16.5. The summed E-state index contributed by atoms with van der Waals surface area (Å²) in [6, 6.07) is 0. The highest BCUT2D eigenvalue weighted by Gasteiger charge is 2.40. The third kappa shape index (κ3) is 2.46. The van der Waals surface area contributed by atoms with Crippen molar-refractivity contribution in [3.63, 3.8) is 0 Å². The molecule has 0 radical (unpaired) electrons. The molecule has 1 aromatic heterocycles. The van der Waals surface area contributed by atoms with Gasteiger partial charge < -0.3 is 24.5 Å². The van der Waals surface area contributed by atoms with Crippen LogP contribution in [0.2, 0.25) is 0 Å². The highest BCUT2D eigenvalue weighted by Crippen LogP contribution is 2.36. The number of hydrogen-bond acceptors (Lipinski definition) is 7. The van der Waals surface area contributed by atoms with E-state index in [0.717, 1.165) is 25.7 Å². The van der Waals surface area contributed by atoms with Gasteiger partial charge in [0.2, 0.25) is 5.82 Å². The van der Waals surface area contributed by atoms with E-state index in [9.17, 15) is 0 Å². The van der Waals surface area contributed by atoms with Gasteiger partial charge in [-0.05, 0) is 12.8 Å². The maximum Gasteiger partial charge on any atom is 0.255 e. The maximum absolute atomic E-state index is 5.78. The van der Waals surface area contributed by atoms with E-state index in [1.165, 1.54) is 0 Å². The number of methoxy groups -OCH3 is 1. The lowest BCUT2D eigenvalue weighted by molar-refractivity contribution is -0.101. The molecule has 2 saturated heterocycles. The van der Waals surface area contributed by atoms with Gasteiger partial charge in [-0.3, -0.25) is 0 Å². The summed E-state index contributed by atoms with van der Waals surface area (Å²) in [5, 5.41) is 4.10. The second-order valence-corrected chi connectivity index (χ2v) is 5.33. The van der Waals surface area contributed by atoms with Crippen molar-refractivity contribution in [2.75, 3.05) is 26.9 Å². The van der Waals surface area contributed by atoms with Crippen LogP contribution in [-0.2, 0) is 19.8 Å². The molecule has 0 aromatic carbocycles. The second kappa shape index (κ2) is 5.77. The molecule has 2 fully saturated rings. The van der Waals surface area contributed by atoms with Crippen LogP contribution in [0.4, 0.5) is 0 Å². The molecule has 0 spiro atoms. The normalized spacial score (nSPS) is 29.7. The van der Waals surface area contributed by atoms with Gasteiger partial charge in [0.1, 0.15) is 11.7 Å². The molecule has 7 nitrogen and oxygen atoms in total. The first-order chi connectivity index (χ1) is 9.77. The molecule has 0 bridgehead atoms. The summed E-state index contributed by atoms with van der Waals surface area (Å²) >= 11 is 0. The van der Waals surface area contributed by atoms with Crippen molar-refractivity contribution >= 4 is 0 Å². The molecule has 1 aromatic rings. The SMILES string of the molecule is COC1(c2noc(C3CCC(CN)O3)n2)CCOCC1. The summed E-state index contributed by atoms with van der Waals surface area (Å²) in [7, 11) is 1.68. The molecule has 0 saturated carbocycles. The minimum Gasteiger partial charge on any atom is -0.381 e. The quantitative estimate of drug-likeness (QED) is 0.877. The van der Waals surface area contributed by atoms with E-state index in [0.29, 0.717) is 31.5 Å². The fraction of sp³-hybridized carbons (Fsp3) is 0.846. The number of rotatable bonds is 4. The number of hydrogen-bond donors (Lipinski definition) is 1. The summed E-state index contributed by atoms with van der Waals surface area (Å²) in [4.78, 5) is 4.50. The van der Waals surface area contributed by atoms with Crippen molar-refractivity contribution in [1.29, 1.82) is 0 Å². The zero-order chi connectivity index (χ0) is 14.0. The number of nitrogens with two attached hydrogens (primary N) is 1. The van der Waals surface area contributed by atoms with Gasteiger partial charge >= 0.3 is 0 Å². The molecule has 20 heavy (non-hydrogen) atoms. The topological polar surface area (TPSA) is 92.6 Å². The highest BCUT2D eigenvalue weighted by molar-refractivity contribution is 5.04. The Labute approximate surface area is 117 Å². The fourth-order valence-electron chi connectivity index (χ4n) is 2.83. The lowest BCUT2D eigenvalue weighted by Gasteiger charge is -2.32. The smallest absolute Gasteiger partial charge is 0.255 e. The summed E-state index contributed by atoms with van der Waals surface area (Å²) in [5.41, 5.74) is 5.12. The summed E-state index contributed by atoms with van der Waals surface area (Å²) in [6.07, 6.45) is 3.22. The van der Waals surface area contributed by atoms with Crippen molar-refractivity contribution in [3.8, 4) is 0 Å². The summed E-state index contributed by atoms with van der Waals surface area (Å²) in [6.45, 7) is 1.82. The molecule has 3 rings (SSSR count). The van der Waals surface area contributed by atoms with Gasteiger partial charge in [0.15, 0.2) is 0 Å². The van der Waals surface area contributed by atoms with Crippen LogP contribution in [-0.4, -0.2) is 43.1 Å². The first-order valence-corrected chi connectivity index (χ1v) is 7.10. The lowest BCUT2D eigenvalue weighted by atomic mass is 9.93. The molecule has 3 heterocycles. The first-order valence-electron chi connectivity index (χ1n) is 7.10. The van der Waals surface area contributed by atoms with Gasteiger partial charge in [0.25, 0.3) is 5.89 Å². The van der Waals surface area contributed by atoms with Crippen LogP contribution in [0.1, 0.15) is 43.5 Å². The number of ether oxygens (including phenoxy) is 3. The van der Waals surface area contributed by atoms with E-state index in [-0.39, 0.29) is 12.2 Å². The fourth-order valence-corrected chi connectivity index (χ4v) is 2.83. The van der Waals surface area contributed by atoms with Crippen LogP contribution >= 0.6 is 0 Å². The third-order valence-corrected chi connectivity index (χ3v) is 4.19. The zero-order valence-electron chi connectivity index (χ0n) is 11.7. The maximum atomic E-state index is 5.78. The molecular formula is C13H21N3O4. The molecule has 2 aliphatic rings. The van der Waals surface area contributed by atoms with Gasteiger partial charge in [-0.15, -0.1) is 0 Å². The molecule has 2 unspecified atom stereocenters. The molecule has 2 atom stereocenters. The zero-order valence-corrected chi connectivity index (χ0v) is 11.7. The molecule has 2 aliphatic heterocycles. The molecule has 2 N–H and O–H groups in total. The van der Waals surface area contributed by atoms with Crippen LogP contribution < -0.4 is 5.73 Å².